The first-order valence-electron chi connectivity index (χ1n) is 6.45. The molecule has 20 heavy (non-hydrogen) atoms. The van der Waals surface area contributed by atoms with Gasteiger partial charge in [-0.2, -0.15) is 0 Å². The minimum atomic E-state index is -0.291. The van der Waals surface area contributed by atoms with Gasteiger partial charge in [-0.05, 0) is 28.8 Å². The van der Waals surface area contributed by atoms with Gasteiger partial charge in [0.25, 0.3) is 0 Å². The van der Waals surface area contributed by atoms with Gasteiger partial charge in [0, 0.05) is 18.1 Å². The molecule has 1 amide bonds. The number of halogens is 1. The van der Waals surface area contributed by atoms with Crippen LogP contribution in [0.4, 0.5) is 4.79 Å². The second-order valence-electron chi connectivity index (χ2n) is 4.81. The predicted molar refractivity (Wildman–Crippen MR) is 77.3 cm³/mol. The first-order valence-corrected chi connectivity index (χ1v) is 6.83. The average molecular weight is 288 g/mol. The number of hydrogen-bond acceptors (Lipinski definition) is 2. The quantitative estimate of drug-likeness (QED) is 0.836. The van der Waals surface area contributed by atoms with Crippen molar-refractivity contribution in [1.82, 2.24) is 4.90 Å². The van der Waals surface area contributed by atoms with Crippen LogP contribution in [0.1, 0.15) is 16.7 Å². The molecule has 0 N–H and O–H groups in total. The van der Waals surface area contributed by atoms with Gasteiger partial charge >= 0.3 is 6.09 Å². The molecular formula is C16H14ClNO2. The number of carbonyl (C=O) groups is 1. The lowest BCUT2D eigenvalue weighted by molar-refractivity contribution is 0.0955. The monoisotopic (exact) mass is 287 g/mol. The maximum Gasteiger partial charge on any atom is 0.410 e. The van der Waals surface area contributed by atoms with Crippen LogP contribution in [0.3, 0.4) is 0 Å². The SMILES string of the molecule is O=C(OCc1ccccc1)N1Cc2ccc(Cl)cc2C1. The molecule has 0 atom stereocenters. The molecule has 3 rings (SSSR count). The second kappa shape index (κ2) is 5.55. The number of fused-ring (bicyclic) bond motifs is 1. The summed E-state index contributed by atoms with van der Waals surface area (Å²) in [6.45, 7) is 1.44. The van der Waals surface area contributed by atoms with Crippen molar-refractivity contribution in [3.05, 3.63) is 70.2 Å². The van der Waals surface area contributed by atoms with E-state index in [2.05, 4.69) is 0 Å². The Bertz CT molecular complexity index is 628. The number of carbonyl (C=O) groups excluding carboxylic acids is 1. The fourth-order valence-electron chi connectivity index (χ4n) is 2.30. The number of nitrogens with zero attached hydrogens (tertiary/aromatic N) is 1. The van der Waals surface area contributed by atoms with Crippen LogP contribution in [0.5, 0.6) is 0 Å². The number of rotatable bonds is 2. The predicted octanol–water partition coefficient (Wildman–Crippen LogP) is 3.99. The summed E-state index contributed by atoms with van der Waals surface area (Å²) in [5.74, 6) is 0. The van der Waals surface area contributed by atoms with Crippen molar-refractivity contribution in [3.8, 4) is 0 Å². The van der Waals surface area contributed by atoms with Gasteiger partial charge in [-0.1, -0.05) is 48.0 Å². The zero-order valence-electron chi connectivity index (χ0n) is 10.9. The minimum Gasteiger partial charge on any atom is -0.445 e. The summed E-state index contributed by atoms with van der Waals surface area (Å²) in [5, 5.41) is 0.697. The third-order valence-electron chi connectivity index (χ3n) is 3.35. The van der Waals surface area contributed by atoms with Crippen LogP contribution in [0.25, 0.3) is 0 Å². The highest BCUT2D eigenvalue weighted by Gasteiger charge is 2.24. The topological polar surface area (TPSA) is 29.5 Å². The summed E-state index contributed by atoms with van der Waals surface area (Å²) in [4.78, 5) is 13.7. The van der Waals surface area contributed by atoms with Gasteiger partial charge in [-0.25, -0.2) is 4.79 Å². The van der Waals surface area contributed by atoms with Crippen molar-refractivity contribution in [1.29, 1.82) is 0 Å². The zero-order chi connectivity index (χ0) is 13.9. The lowest BCUT2D eigenvalue weighted by Crippen LogP contribution is -2.25. The Morgan fingerprint density at radius 2 is 1.85 bits per heavy atom. The first-order chi connectivity index (χ1) is 9.72. The van der Waals surface area contributed by atoms with Gasteiger partial charge in [0.2, 0.25) is 0 Å². The number of amides is 1. The van der Waals surface area contributed by atoms with E-state index in [1.807, 2.05) is 48.5 Å². The molecule has 0 fully saturated rings. The zero-order valence-corrected chi connectivity index (χ0v) is 11.6. The standard InChI is InChI=1S/C16H14ClNO2/c17-15-7-6-13-9-18(10-14(13)8-15)16(19)20-11-12-4-2-1-3-5-12/h1-8H,9-11H2. The number of ether oxygens (including phenoxy) is 1. The highest BCUT2D eigenvalue weighted by atomic mass is 35.5. The molecule has 0 saturated carbocycles. The van der Waals surface area contributed by atoms with Crippen LogP contribution in [0.15, 0.2) is 48.5 Å². The molecule has 3 nitrogen and oxygen atoms in total. The fraction of sp³-hybridized carbons (Fsp3) is 0.188. The molecule has 1 aliphatic rings. The van der Waals surface area contributed by atoms with Crippen molar-refractivity contribution < 1.29 is 9.53 Å². The van der Waals surface area contributed by atoms with Crippen molar-refractivity contribution in [3.63, 3.8) is 0 Å². The van der Waals surface area contributed by atoms with Gasteiger partial charge in [-0.3, -0.25) is 4.90 Å². The Hall–Kier alpha value is -2.00. The van der Waals surface area contributed by atoms with Crippen molar-refractivity contribution >= 4 is 17.7 Å². The third kappa shape index (κ3) is 2.78. The smallest absolute Gasteiger partial charge is 0.410 e. The van der Waals surface area contributed by atoms with Crippen molar-refractivity contribution in [2.24, 2.45) is 0 Å². The van der Waals surface area contributed by atoms with E-state index < -0.39 is 0 Å². The van der Waals surface area contributed by atoms with Crippen LogP contribution in [-0.2, 0) is 24.4 Å². The van der Waals surface area contributed by atoms with Crippen molar-refractivity contribution in [2.45, 2.75) is 19.7 Å². The van der Waals surface area contributed by atoms with Crippen LogP contribution < -0.4 is 0 Å². The van der Waals surface area contributed by atoms with E-state index in [-0.39, 0.29) is 6.09 Å². The lowest BCUT2D eigenvalue weighted by atomic mass is 10.1. The molecule has 0 aromatic heterocycles. The van der Waals surface area contributed by atoms with E-state index in [0.29, 0.717) is 24.7 Å². The van der Waals surface area contributed by atoms with Crippen LogP contribution >= 0.6 is 11.6 Å². The largest absolute Gasteiger partial charge is 0.445 e. The second-order valence-corrected chi connectivity index (χ2v) is 5.25. The van der Waals surface area contributed by atoms with Gasteiger partial charge in [0.05, 0.1) is 0 Å². The summed E-state index contributed by atoms with van der Waals surface area (Å²) in [6, 6.07) is 15.4. The summed E-state index contributed by atoms with van der Waals surface area (Å²) < 4.78 is 5.33. The van der Waals surface area contributed by atoms with Gasteiger partial charge in [-0.15, -0.1) is 0 Å². The van der Waals surface area contributed by atoms with Gasteiger partial charge in [0.15, 0.2) is 0 Å². The maximum atomic E-state index is 12.0. The summed E-state index contributed by atoms with van der Waals surface area (Å²) >= 11 is 5.96. The maximum absolute atomic E-state index is 12.0. The Kier molecular flexibility index (Phi) is 3.61. The average Bonchev–Trinajstić information content (AvgIpc) is 2.89. The lowest BCUT2D eigenvalue weighted by Gasteiger charge is -2.15. The van der Waals surface area contributed by atoms with Gasteiger partial charge in [0.1, 0.15) is 6.61 Å². The Labute approximate surface area is 122 Å². The molecule has 2 aromatic carbocycles. The van der Waals surface area contributed by atoms with E-state index in [1.165, 1.54) is 0 Å². The molecule has 2 aromatic rings. The molecule has 0 unspecified atom stereocenters. The van der Waals surface area contributed by atoms with E-state index in [0.717, 1.165) is 16.7 Å². The van der Waals surface area contributed by atoms with E-state index in [1.54, 1.807) is 4.90 Å². The first kappa shape index (κ1) is 13.0. The molecule has 0 saturated heterocycles. The summed E-state index contributed by atoms with van der Waals surface area (Å²) in [7, 11) is 0. The fourth-order valence-corrected chi connectivity index (χ4v) is 2.50. The Balaban J connectivity index is 1.60. The van der Waals surface area contributed by atoms with Crippen LogP contribution in [0.2, 0.25) is 5.02 Å². The van der Waals surface area contributed by atoms with E-state index in [4.69, 9.17) is 16.3 Å². The molecule has 0 spiro atoms. The Morgan fingerprint density at radius 1 is 1.10 bits per heavy atom. The van der Waals surface area contributed by atoms with Crippen LogP contribution in [0, 0.1) is 0 Å². The summed E-state index contributed by atoms with van der Waals surface area (Å²) in [5.41, 5.74) is 3.21. The molecule has 102 valence electrons. The molecule has 0 bridgehead atoms. The Morgan fingerprint density at radius 3 is 2.65 bits per heavy atom. The number of benzene rings is 2. The molecule has 0 aliphatic carbocycles. The molecule has 4 heteroatoms. The molecular weight excluding hydrogens is 274 g/mol. The normalized spacial score (nSPS) is 13.2. The number of hydrogen-bond donors (Lipinski definition) is 0. The highest BCUT2D eigenvalue weighted by Crippen LogP contribution is 2.26. The molecule has 1 heterocycles. The van der Waals surface area contributed by atoms with Crippen LogP contribution in [-0.4, -0.2) is 11.0 Å². The molecule has 0 radical (unpaired) electrons. The van der Waals surface area contributed by atoms with Gasteiger partial charge < -0.3 is 4.74 Å². The minimum absolute atomic E-state index is 0.291. The summed E-state index contributed by atoms with van der Waals surface area (Å²) in [6.07, 6.45) is -0.291. The highest BCUT2D eigenvalue weighted by molar-refractivity contribution is 6.30. The van der Waals surface area contributed by atoms with Crippen molar-refractivity contribution in [2.75, 3.05) is 0 Å². The van der Waals surface area contributed by atoms with E-state index in [9.17, 15) is 4.79 Å². The molecule has 1 aliphatic heterocycles. The van der Waals surface area contributed by atoms with E-state index >= 15 is 0 Å². The third-order valence-corrected chi connectivity index (χ3v) is 3.59.